The summed E-state index contributed by atoms with van der Waals surface area (Å²) >= 11 is 0. The molecule has 1 aliphatic rings. The third-order valence-corrected chi connectivity index (χ3v) is 3.85. The van der Waals surface area contributed by atoms with Crippen molar-refractivity contribution in [2.24, 2.45) is 5.73 Å². The Hall–Kier alpha value is -2.74. The van der Waals surface area contributed by atoms with Crippen molar-refractivity contribution in [3.8, 4) is 6.07 Å². The molecule has 5 heteroatoms. The van der Waals surface area contributed by atoms with Crippen molar-refractivity contribution in [1.29, 1.82) is 5.26 Å². The first kappa shape index (κ1) is 16.6. The van der Waals surface area contributed by atoms with Gasteiger partial charge in [0.15, 0.2) is 0 Å². The second-order valence-electron chi connectivity index (χ2n) is 5.17. The molecule has 0 spiro atoms. The van der Waals surface area contributed by atoms with Crippen LogP contribution in [0.2, 0.25) is 0 Å². The molecule has 2 rings (SSSR count). The number of hydrogen-bond acceptors (Lipinski definition) is 5. The Kier molecular flexibility index (Phi) is 5.07. The quantitative estimate of drug-likeness (QED) is 0.864. The molecule has 0 saturated heterocycles. The van der Waals surface area contributed by atoms with Gasteiger partial charge in [-0.3, -0.25) is 0 Å². The van der Waals surface area contributed by atoms with Crippen LogP contribution in [0.25, 0.3) is 0 Å². The summed E-state index contributed by atoms with van der Waals surface area (Å²) in [6.45, 7) is 5.67. The van der Waals surface area contributed by atoms with Gasteiger partial charge in [-0.15, -0.1) is 0 Å². The fourth-order valence-electron chi connectivity index (χ4n) is 2.80. The zero-order chi connectivity index (χ0) is 17.0. The summed E-state index contributed by atoms with van der Waals surface area (Å²) < 4.78 is 10.6. The molecule has 0 saturated carbocycles. The molecule has 5 nitrogen and oxygen atoms in total. The topological polar surface area (TPSA) is 85.3 Å². The predicted molar refractivity (Wildman–Crippen MR) is 85.8 cm³/mol. The van der Waals surface area contributed by atoms with Crippen molar-refractivity contribution in [3.63, 3.8) is 0 Å². The van der Waals surface area contributed by atoms with Gasteiger partial charge in [-0.1, -0.05) is 31.2 Å². The molecule has 1 aromatic carbocycles. The number of allylic oxidation sites excluding steroid dienone is 2. The van der Waals surface area contributed by atoms with E-state index in [2.05, 4.69) is 6.07 Å². The zero-order valence-electron chi connectivity index (χ0n) is 13.6. The van der Waals surface area contributed by atoms with Gasteiger partial charge in [0, 0.05) is 0 Å². The van der Waals surface area contributed by atoms with E-state index in [1.165, 1.54) is 0 Å². The van der Waals surface area contributed by atoms with Crippen molar-refractivity contribution >= 4 is 5.97 Å². The number of benzene rings is 1. The fraction of sp³-hybridized carbons (Fsp3) is 0.333. The summed E-state index contributed by atoms with van der Waals surface area (Å²) in [6, 6.07) is 9.79. The summed E-state index contributed by atoms with van der Waals surface area (Å²) in [5, 5.41) is 9.53. The van der Waals surface area contributed by atoms with Crippen molar-refractivity contribution < 1.29 is 14.3 Å². The molecule has 120 valence electrons. The smallest absolute Gasteiger partial charge is 0.338 e. The minimum atomic E-state index is -0.566. The summed E-state index contributed by atoms with van der Waals surface area (Å²) in [7, 11) is 0. The first-order chi connectivity index (χ1) is 11.0. The van der Waals surface area contributed by atoms with Crippen LogP contribution in [0.3, 0.4) is 0 Å². The molecule has 1 heterocycles. The monoisotopic (exact) mass is 312 g/mol. The SMILES string of the molecule is CCOC(=O)C1=C(C)OC(N)=C(C#N)C1c1ccccc1CC. The Bertz CT molecular complexity index is 726. The van der Waals surface area contributed by atoms with Crippen LogP contribution in [-0.2, 0) is 20.7 Å². The highest BCUT2D eigenvalue weighted by molar-refractivity contribution is 5.92. The van der Waals surface area contributed by atoms with E-state index in [9.17, 15) is 10.1 Å². The molecule has 23 heavy (non-hydrogen) atoms. The molecule has 0 amide bonds. The molecule has 2 N–H and O–H groups in total. The van der Waals surface area contributed by atoms with Gasteiger partial charge in [0.25, 0.3) is 0 Å². The molecular weight excluding hydrogens is 292 g/mol. The van der Waals surface area contributed by atoms with Gasteiger partial charge in [0.05, 0.1) is 18.1 Å². The lowest BCUT2D eigenvalue weighted by Gasteiger charge is -2.28. The molecule has 1 aliphatic heterocycles. The lowest BCUT2D eigenvalue weighted by Crippen LogP contribution is -2.26. The number of carbonyl (C=O) groups is 1. The average molecular weight is 312 g/mol. The molecular formula is C18H20N2O3. The van der Waals surface area contributed by atoms with E-state index in [0.29, 0.717) is 11.3 Å². The van der Waals surface area contributed by atoms with Crippen molar-refractivity contribution in [2.45, 2.75) is 33.1 Å². The fourth-order valence-corrected chi connectivity index (χ4v) is 2.80. The van der Waals surface area contributed by atoms with Crippen LogP contribution in [0, 0.1) is 11.3 Å². The van der Waals surface area contributed by atoms with E-state index in [4.69, 9.17) is 15.2 Å². The highest BCUT2D eigenvalue weighted by Gasteiger charge is 2.36. The van der Waals surface area contributed by atoms with Gasteiger partial charge in [0.2, 0.25) is 5.88 Å². The lowest BCUT2D eigenvalue weighted by molar-refractivity contribution is -0.139. The van der Waals surface area contributed by atoms with Crippen LogP contribution in [-0.4, -0.2) is 12.6 Å². The molecule has 0 bridgehead atoms. The zero-order valence-corrected chi connectivity index (χ0v) is 13.6. The van der Waals surface area contributed by atoms with Crippen LogP contribution in [0.1, 0.15) is 37.8 Å². The van der Waals surface area contributed by atoms with Crippen LogP contribution in [0.4, 0.5) is 0 Å². The first-order valence-electron chi connectivity index (χ1n) is 7.58. The first-order valence-corrected chi connectivity index (χ1v) is 7.58. The minimum absolute atomic E-state index is 0.0361. The molecule has 1 unspecified atom stereocenters. The Labute approximate surface area is 136 Å². The molecule has 1 aromatic rings. The number of ether oxygens (including phenoxy) is 2. The van der Waals surface area contributed by atoms with Crippen LogP contribution >= 0.6 is 0 Å². The summed E-state index contributed by atoms with van der Waals surface area (Å²) in [5.74, 6) is -0.644. The lowest BCUT2D eigenvalue weighted by atomic mass is 9.80. The second-order valence-corrected chi connectivity index (χ2v) is 5.17. The summed E-state index contributed by atoms with van der Waals surface area (Å²) in [4.78, 5) is 12.4. The Morgan fingerprint density at radius 3 is 2.70 bits per heavy atom. The average Bonchev–Trinajstić information content (AvgIpc) is 2.54. The summed E-state index contributed by atoms with van der Waals surface area (Å²) in [5.41, 5.74) is 8.38. The van der Waals surface area contributed by atoms with Crippen LogP contribution in [0.15, 0.2) is 47.1 Å². The highest BCUT2D eigenvalue weighted by Crippen LogP contribution is 2.40. The Morgan fingerprint density at radius 1 is 1.39 bits per heavy atom. The molecule has 1 atom stereocenters. The van der Waals surface area contributed by atoms with Crippen LogP contribution < -0.4 is 5.73 Å². The Morgan fingerprint density at radius 2 is 2.09 bits per heavy atom. The van der Waals surface area contributed by atoms with Gasteiger partial charge in [-0.05, 0) is 31.4 Å². The third kappa shape index (κ3) is 3.07. The highest BCUT2D eigenvalue weighted by atomic mass is 16.5. The molecule has 0 aromatic heterocycles. The number of esters is 1. The maximum Gasteiger partial charge on any atom is 0.338 e. The van der Waals surface area contributed by atoms with E-state index in [-0.39, 0.29) is 18.1 Å². The third-order valence-electron chi connectivity index (χ3n) is 3.85. The number of nitrogens with two attached hydrogens (primary N) is 1. The summed E-state index contributed by atoms with van der Waals surface area (Å²) in [6.07, 6.45) is 0.779. The van der Waals surface area contributed by atoms with Crippen molar-refractivity contribution in [1.82, 2.24) is 0 Å². The van der Waals surface area contributed by atoms with E-state index >= 15 is 0 Å². The molecule has 0 radical (unpaired) electrons. The predicted octanol–water partition coefficient (Wildman–Crippen LogP) is 2.89. The standard InChI is InChI=1S/C18H20N2O3/c1-4-12-8-6-7-9-13(12)16-14(10-19)17(20)23-11(3)15(16)18(21)22-5-2/h6-9,16H,4-5,20H2,1-3H3. The largest absolute Gasteiger partial charge is 0.463 e. The molecule has 0 fully saturated rings. The number of nitriles is 1. The maximum absolute atomic E-state index is 12.4. The minimum Gasteiger partial charge on any atom is -0.463 e. The number of aryl methyl sites for hydroxylation is 1. The van der Waals surface area contributed by atoms with Gasteiger partial charge >= 0.3 is 5.97 Å². The van der Waals surface area contributed by atoms with Crippen LogP contribution in [0.5, 0.6) is 0 Å². The van der Waals surface area contributed by atoms with Crippen molar-refractivity contribution in [2.75, 3.05) is 6.61 Å². The van der Waals surface area contributed by atoms with E-state index in [1.807, 2.05) is 31.2 Å². The van der Waals surface area contributed by atoms with E-state index < -0.39 is 11.9 Å². The number of hydrogen-bond donors (Lipinski definition) is 1. The van der Waals surface area contributed by atoms with E-state index in [0.717, 1.165) is 17.5 Å². The van der Waals surface area contributed by atoms with Gasteiger partial charge in [-0.25, -0.2) is 4.79 Å². The van der Waals surface area contributed by atoms with Gasteiger partial charge in [0.1, 0.15) is 17.4 Å². The normalized spacial score (nSPS) is 17.6. The number of nitrogens with zero attached hydrogens (tertiary/aromatic N) is 1. The maximum atomic E-state index is 12.4. The van der Waals surface area contributed by atoms with Gasteiger partial charge < -0.3 is 15.2 Å². The van der Waals surface area contributed by atoms with Gasteiger partial charge in [-0.2, -0.15) is 5.26 Å². The number of carbonyl (C=O) groups excluding carboxylic acids is 1. The Balaban J connectivity index is 2.67. The molecule has 0 aliphatic carbocycles. The number of rotatable bonds is 4. The van der Waals surface area contributed by atoms with Crippen molar-refractivity contribution in [3.05, 3.63) is 58.2 Å². The van der Waals surface area contributed by atoms with E-state index in [1.54, 1.807) is 13.8 Å². The second kappa shape index (κ2) is 7.01.